The summed E-state index contributed by atoms with van der Waals surface area (Å²) in [5.41, 5.74) is 14.6. The molecule has 11 rings (SSSR count). The van der Waals surface area contributed by atoms with Crippen molar-refractivity contribution in [2.75, 3.05) is 5.32 Å². The topological polar surface area (TPSA) is 576 Å². The number of halogens is 2. The lowest BCUT2D eigenvalue weighted by atomic mass is 10.0. The molecule has 0 atom stereocenters. The van der Waals surface area contributed by atoms with Crippen molar-refractivity contribution in [3.05, 3.63) is 142 Å². The van der Waals surface area contributed by atoms with Gasteiger partial charge in [-0.15, -0.1) is 0 Å². The van der Waals surface area contributed by atoms with E-state index in [1.54, 1.807) is 106 Å². The third-order valence-electron chi connectivity index (χ3n) is 21.7. The van der Waals surface area contributed by atoms with E-state index >= 15 is 0 Å². The summed E-state index contributed by atoms with van der Waals surface area (Å²) >= 11 is 0. The summed E-state index contributed by atoms with van der Waals surface area (Å²) in [6.45, 7) is 37.2. The molecule has 40 heteroatoms. The van der Waals surface area contributed by atoms with Crippen LogP contribution in [-0.2, 0) is 122 Å². The minimum absolute atomic E-state index is 0.0423. The molecule has 0 unspecified atom stereocenters. The van der Waals surface area contributed by atoms with Gasteiger partial charge in [0.05, 0.1) is 50.6 Å². The first kappa shape index (κ1) is 102. The SMILES string of the molecule is Cc1c(C(=O)Nc2ccc(F)c(F)c2)c2n(c1C(=O)C(=O)NC(C)(C)C(N)=O)CCC2.Cc1c(C(=O)O)c2n(c1C(=O)C(=O)NC(C)(C)C(N)=O)CCC2.Cc1c(C(=O)OC(C)(C)C)c2n(c1C(=O)C(=O)NC(C)(C)C(=O)O)CCC2.Cc1c(C(=O)OC(C)(C)C)c2n(c1C(=O)C(=O)NC(C)(C)C(N)=O)CCC2.Cc1c(C(=O)OC(C)(C)C)c2n(c1C(=O)C(=O)O)CCC2. The highest BCUT2D eigenvalue weighted by molar-refractivity contribution is 6.45. The fourth-order valence-electron chi connectivity index (χ4n) is 15.3. The Balaban J connectivity index is 0.000000222. The summed E-state index contributed by atoms with van der Waals surface area (Å²) in [5.74, 6) is -18.9. The molecule has 0 saturated heterocycles. The molecule has 1 aromatic carbocycles. The van der Waals surface area contributed by atoms with E-state index < -0.39 is 163 Å². The number of ketones is 5. The summed E-state index contributed by atoms with van der Waals surface area (Å²) in [6.07, 6.45) is 6.58. The second-order valence-corrected chi connectivity index (χ2v) is 36.8. The largest absolute Gasteiger partial charge is 0.480 e. The number of aliphatic carboxylic acids is 2. The second-order valence-electron chi connectivity index (χ2n) is 36.8. The summed E-state index contributed by atoms with van der Waals surface area (Å²) in [7, 11) is 0. The number of fused-ring (bicyclic) bond motifs is 5. The Labute approximate surface area is 741 Å². The molecule has 5 aromatic heterocycles. The van der Waals surface area contributed by atoms with Crippen molar-refractivity contribution in [2.45, 2.75) is 288 Å². The Bertz CT molecular complexity index is 5590. The van der Waals surface area contributed by atoms with Crippen molar-refractivity contribution >= 4 is 118 Å². The van der Waals surface area contributed by atoms with Gasteiger partial charge in [-0.2, -0.15) is 0 Å². The maximum Gasteiger partial charge on any atom is 0.378 e. The van der Waals surface area contributed by atoms with Crippen LogP contribution in [0.1, 0.15) is 310 Å². The van der Waals surface area contributed by atoms with Crippen LogP contribution in [0, 0.1) is 46.3 Å². The molecule has 0 radical (unpaired) electrons. The molecule has 8 amide bonds. The van der Waals surface area contributed by atoms with Crippen LogP contribution in [0.25, 0.3) is 0 Å². The van der Waals surface area contributed by atoms with Gasteiger partial charge in [0.15, 0.2) is 11.6 Å². The molecule has 10 heterocycles. The van der Waals surface area contributed by atoms with Crippen molar-refractivity contribution in [3.8, 4) is 0 Å². The number of benzene rings is 1. The zero-order valence-corrected chi connectivity index (χ0v) is 76.4. The number of primary amides is 3. The first-order chi connectivity index (χ1) is 59.2. The molecule has 0 spiro atoms. The molecule has 0 bridgehead atoms. The lowest BCUT2D eigenvalue weighted by Gasteiger charge is -2.21. The Morgan fingerprint density at radius 2 is 0.581 bits per heavy atom. The van der Waals surface area contributed by atoms with Crippen molar-refractivity contribution in [1.82, 2.24) is 44.1 Å². The number of nitrogens with one attached hydrogen (secondary N) is 5. The van der Waals surface area contributed by atoms with Gasteiger partial charge in [0, 0.05) is 72.9 Å². The highest BCUT2D eigenvalue weighted by Gasteiger charge is 2.44. The summed E-state index contributed by atoms with van der Waals surface area (Å²) in [6, 6.07) is 2.96. The summed E-state index contributed by atoms with van der Waals surface area (Å²) in [4.78, 5) is 231. The van der Waals surface area contributed by atoms with Crippen LogP contribution in [0.4, 0.5) is 14.5 Å². The van der Waals surface area contributed by atoms with Crippen LogP contribution in [-0.4, -0.2) is 189 Å². The first-order valence-corrected chi connectivity index (χ1v) is 41.3. The first-order valence-electron chi connectivity index (χ1n) is 41.3. The van der Waals surface area contributed by atoms with Crippen LogP contribution >= 0.6 is 0 Å². The van der Waals surface area contributed by atoms with Crippen molar-refractivity contribution in [2.24, 2.45) is 17.2 Å². The molecular formula is C89H113F2N13O25. The zero-order chi connectivity index (χ0) is 98.0. The summed E-state index contributed by atoms with van der Waals surface area (Å²) < 4.78 is 51.1. The van der Waals surface area contributed by atoms with Gasteiger partial charge in [-0.1, -0.05) is 0 Å². The number of Topliss-reactive ketones (excluding diaryl/α,β-unsaturated/α-hetero) is 5. The quantitative estimate of drug-likeness (QED) is 0.0127. The molecule has 5 aliphatic rings. The number of nitrogens with two attached hydrogens (primary N) is 3. The number of carboxylic acids is 3. The molecule has 0 saturated carbocycles. The van der Waals surface area contributed by atoms with E-state index in [1.165, 1.54) is 75.3 Å². The van der Waals surface area contributed by atoms with Gasteiger partial charge in [-0.25, -0.2) is 37.5 Å². The number of ether oxygens (including phenoxy) is 3. The smallest absolute Gasteiger partial charge is 0.378 e. The number of esters is 3. The monoisotopic (exact) mass is 1800 g/mol. The van der Waals surface area contributed by atoms with E-state index in [0.29, 0.717) is 140 Å². The maximum absolute atomic E-state index is 13.5. The average Bonchev–Trinajstić information content (AvgIpc) is 1.62. The third-order valence-corrected chi connectivity index (χ3v) is 21.7. The van der Waals surface area contributed by atoms with Crippen LogP contribution in [0.2, 0.25) is 0 Å². The standard InChI is InChI=1S/C21H22F2N4O4.C19H27N3O5.C19H26N2O6.C15H19N3O5.C15H19NO5/c1-10-15(18(29)25-11-6-7-12(22)13(23)9-11)14-5-4-8-27(14)16(10)17(28)19(30)26-21(2,3)20(24)31;1-10-12(16(25)27-18(2,3)4)11-8-7-9-22(11)13(10)14(23)15(24)21-19(5,6)17(20)26;1-10-12(16(24)27-18(2,3)4)11-8-7-9-21(11)13(10)14(22)15(23)20-19(5,6)17(25)26;1-7-9(13(21)22)8-5-4-6-18(8)10(7)11(19)12(20)17-15(2,3)14(16)23;1-8-10(14(20)21-15(2,3)4)9-6-5-7-16(9)11(8)12(17)13(18)19/h6-7,9H,4-5,8H2,1-3H3,(H2,24,31)(H,25,29)(H,26,30);7-9H2,1-6H3,(H2,20,26)(H,21,24);7-9H2,1-6H3,(H,20,23)(H,25,26);4-6H2,1-3H3,(H2,16,23)(H,17,20)(H,21,22);5-7H2,1-4H3,(H,18,19). The maximum atomic E-state index is 13.5. The predicted molar refractivity (Wildman–Crippen MR) is 458 cm³/mol. The highest BCUT2D eigenvalue weighted by Crippen LogP contribution is 2.37. The Kier molecular flexibility index (Phi) is 30.6. The Morgan fingerprint density at radius 1 is 0.341 bits per heavy atom. The third kappa shape index (κ3) is 22.7. The highest BCUT2D eigenvalue weighted by atomic mass is 19.2. The van der Waals surface area contributed by atoms with Crippen molar-refractivity contribution < 1.29 is 129 Å². The van der Waals surface area contributed by atoms with Crippen molar-refractivity contribution in [3.63, 3.8) is 0 Å². The number of aromatic nitrogens is 5. The number of amides is 8. The fraction of sp³-hybridized carbons (Fsp3) is 0.494. The van der Waals surface area contributed by atoms with Gasteiger partial charge in [-0.05, 0) is 256 Å². The molecule has 6 aromatic rings. The Hall–Kier alpha value is -13.6. The minimum Gasteiger partial charge on any atom is -0.480 e. The molecular weight excluding hydrogens is 1690 g/mol. The van der Waals surface area contributed by atoms with E-state index in [0.717, 1.165) is 31.4 Å². The van der Waals surface area contributed by atoms with Gasteiger partial charge in [0.1, 0.15) is 44.7 Å². The van der Waals surface area contributed by atoms with E-state index in [1.807, 2.05) is 0 Å². The van der Waals surface area contributed by atoms with Crippen LogP contribution in [0.3, 0.4) is 0 Å². The number of hydrogen-bond donors (Lipinski definition) is 11. The number of hydrogen-bond acceptors (Lipinski definition) is 22. The van der Waals surface area contributed by atoms with Gasteiger partial charge in [0.2, 0.25) is 17.7 Å². The van der Waals surface area contributed by atoms with Gasteiger partial charge in [-0.3, -0.25) is 62.3 Å². The van der Waals surface area contributed by atoms with E-state index in [9.17, 15) is 105 Å². The number of nitrogens with zero attached hydrogens (tertiary/aromatic N) is 5. The molecule has 14 N–H and O–H groups in total. The lowest BCUT2D eigenvalue weighted by molar-refractivity contribution is -0.145. The normalized spacial score (nSPS) is 13.6. The molecule has 38 nitrogen and oxygen atoms in total. The van der Waals surface area contributed by atoms with Crippen LogP contribution in [0.5, 0.6) is 0 Å². The number of carbonyl (C=O) groups excluding carboxylic acids is 16. The van der Waals surface area contributed by atoms with E-state index in [-0.39, 0.29) is 56.4 Å². The minimum atomic E-state index is -1.59. The number of anilines is 1. The van der Waals surface area contributed by atoms with E-state index in [2.05, 4.69) is 26.6 Å². The molecule has 0 fully saturated rings. The fourth-order valence-corrected chi connectivity index (χ4v) is 15.3. The average molecular weight is 1800 g/mol. The van der Waals surface area contributed by atoms with Crippen LogP contribution < -0.4 is 43.8 Å². The van der Waals surface area contributed by atoms with Crippen LogP contribution in [0.15, 0.2) is 18.2 Å². The van der Waals surface area contributed by atoms with Gasteiger partial charge < -0.3 is 96.2 Å². The number of aromatic carboxylic acids is 1. The molecule has 129 heavy (non-hydrogen) atoms. The van der Waals surface area contributed by atoms with Gasteiger partial charge in [0.25, 0.3) is 58.5 Å². The van der Waals surface area contributed by atoms with Gasteiger partial charge >= 0.3 is 35.8 Å². The Morgan fingerprint density at radius 3 is 0.822 bits per heavy atom. The van der Waals surface area contributed by atoms with Crippen molar-refractivity contribution in [1.29, 1.82) is 0 Å². The number of carbonyl (C=O) groups is 19. The lowest BCUT2D eigenvalue weighted by Crippen LogP contribution is -2.54. The zero-order valence-electron chi connectivity index (χ0n) is 76.4. The molecule has 5 aliphatic heterocycles. The molecule has 0 aliphatic carbocycles. The number of rotatable bonds is 24. The predicted octanol–water partition coefficient (Wildman–Crippen LogP) is 6.93. The number of carboxylic acid groups (broad SMARTS) is 3. The molecule has 698 valence electrons. The second kappa shape index (κ2) is 38.5. The summed E-state index contributed by atoms with van der Waals surface area (Å²) in [5, 5.41) is 39.1. The van der Waals surface area contributed by atoms with E-state index in [4.69, 9.17) is 41.6 Å².